The fraction of sp³-hybridized carbons (Fsp3) is 0.211. The molecule has 26 heavy (non-hydrogen) atoms. The number of anilines is 1. The summed E-state index contributed by atoms with van der Waals surface area (Å²) in [5.41, 5.74) is 1.32. The minimum Gasteiger partial charge on any atom is -0.507 e. The minimum atomic E-state index is -1.27. The number of aryl methyl sites for hydroxylation is 1. The van der Waals surface area contributed by atoms with E-state index >= 15 is 0 Å². The first kappa shape index (κ1) is 19.0. The number of carboxylic acid groups (broad SMARTS) is 1. The van der Waals surface area contributed by atoms with E-state index in [4.69, 9.17) is 9.84 Å². The summed E-state index contributed by atoms with van der Waals surface area (Å²) in [5.74, 6) is -1.90. The van der Waals surface area contributed by atoms with Crippen molar-refractivity contribution in [3.8, 4) is 11.5 Å². The first-order chi connectivity index (χ1) is 12.3. The van der Waals surface area contributed by atoms with Crippen molar-refractivity contribution in [1.82, 2.24) is 0 Å². The number of ether oxygens (including phenoxy) is 1. The van der Waals surface area contributed by atoms with Gasteiger partial charge in [0.2, 0.25) is 5.91 Å². The van der Waals surface area contributed by atoms with Crippen LogP contribution in [-0.2, 0) is 4.79 Å². The number of carboxylic acids is 1. The topological polar surface area (TPSA) is 113 Å². The molecule has 0 saturated carbocycles. The van der Waals surface area contributed by atoms with Gasteiger partial charge in [0.15, 0.2) is 5.78 Å². The highest BCUT2D eigenvalue weighted by Crippen LogP contribution is 2.23. The van der Waals surface area contributed by atoms with Crippen LogP contribution >= 0.6 is 0 Å². The molecule has 2 rings (SSSR count). The van der Waals surface area contributed by atoms with Gasteiger partial charge in [0.25, 0.3) is 0 Å². The highest BCUT2D eigenvalue weighted by molar-refractivity contribution is 6.02. The largest absolute Gasteiger partial charge is 0.507 e. The lowest BCUT2D eigenvalue weighted by Crippen LogP contribution is -2.14. The minimum absolute atomic E-state index is 0.00909. The molecular formula is C19H19NO6. The van der Waals surface area contributed by atoms with Gasteiger partial charge in [-0.3, -0.25) is 9.59 Å². The Balaban J connectivity index is 1.99. The maximum atomic E-state index is 12.3. The molecule has 0 unspecified atom stereocenters. The molecule has 0 aliphatic carbocycles. The zero-order valence-electron chi connectivity index (χ0n) is 14.4. The molecule has 0 spiro atoms. The summed E-state index contributed by atoms with van der Waals surface area (Å²) >= 11 is 0. The predicted octanol–water partition coefficient (Wildman–Crippen LogP) is 3.01. The summed E-state index contributed by atoms with van der Waals surface area (Å²) in [5, 5.41) is 21.0. The van der Waals surface area contributed by atoms with Crippen LogP contribution < -0.4 is 10.1 Å². The summed E-state index contributed by atoms with van der Waals surface area (Å²) < 4.78 is 5.17. The van der Waals surface area contributed by atoms with E-state index in [1.54, 1.807) is 12.1 Å². The third-order valence-electron chi connectivity index (χ3n) is 3.75. The maximum Gasteiger partial charge on any atom is 0.339 e. The second kappa shape index (κ2) is 8.15. The monoisotopic (exact) mass is 357 g/mol. The Kier molecular flexibility index (Phi) is 5.95. The van der Waals surface area contributed by atoms with Crippen molar-refractivity contribution >= 4 is 23.3 Å². The van der Waals surface area contributed by atoms with Crippen molar-refractivity contribution in [2.24, 2.45) is 0 Å². The van der Waals surface area contributed by atoms with Crippen LogP contribution in [0.4, 0.5) is 5.69 Å². The normalized spacial score (nSPS) is 10.2. The van der Waals surface area contributed by atoms with E-state index in [1.807, 2.05) is 13.0 Å². The van der Waals surface area contributed by atoms with Crippen molar-refractivity contribution in [3.05, 3.63) is 53.1 Å². The van der Waals surface area contributed by atoms with E-state index in [9.17, 15) is 19.5 Å². The molecule has 0 aromatic heterocycles. The number of hydrogen-bond acceptors (Lipinski definition) is 5. The molecule has 0 heterocycles. The summed E-state index contributed by atoms with van der Waals surface area (Å²) in [6.45, 7) is 1.86. The van der Waals surface area contributed by atoms with Crippen LogP contribution in [0, 0.1) is 6.92 Å². The first-order valence-corrected chi connectivity index (χ1v) is 7.86. The number of nitrogens with one attached hydrogen (secondary N) is 1. The van der Waals surface area contributed by atoms with E-state index in [0.29, 0.717) is 11.3 Å². The van der Waals surface area contributed by atoms with Crippen LogP contribution in [0.15, 0.2) is 36.4 Å². The van der Waals surface area contributed by atoms with Crippen LogP contribution in [0.1, 0.15) is 39.1 Å². The number of carbonyl (C=O) groups is 3. The fourth-order valence-electron chi connectivity index (χ4n) is 2.42. The Morgan fingerprint density at radius 3 is 2.38 bits per heavy atom. The molecule has 136 valence electrons. The van der Waals surface area contributed by atoms with Crippen molar-refractivity contribution in [1.29, 1.82) is 0 Å². The van der Waals surface area contributed by atoms with Gasteiger partial charge in [0.1, 0.15) is 17.1 Å². The van der Waals surface area contributed by atoms with Gasteiger partial charge in [-0.05, 0) is 31.2 Å². The van der Waals surface area contributed by atoms with Crippen LogP contribution in [0.3, 0.4) is 0 Å². The SMILES string of the molecule is COc1ccc(C)cc1C(=O)CCC(=O)Nc1ccc(C(=O)O)c(O)c1. The zero-order chi connectivity index (χ0) is 19.3. The number of aromatic carboxylic acids is 1. The third kappa shape index (κ3) is 4.60. The molecule has 0 aliphatic heterocycles. The van der Waals surface area contributed by atoms with Gasteiger partial charge in [0, 0.05) is 24.6 Å². The molecule has 0 atom stereocenters. The standard InChI is InChI=1S/C19H19NO6/c1-11-3-7-17(26-2)14(9-11)15(21)6-8-18(23)20-12-4-5-13(19(24)25)16(22)10-12/h3-5,7,9-10,22H,6,8H2,1-2H3,(H,20,23)(H,24,25). The van der Waals surface area contributed by atoms with Gasteiger partial charge in [-0.25, -0.2) is 4.79 Å². The zero-order valence-corrected chi connectivity index (χ0v) is 14.4. The molecule has 7 heteroatoms. The highest BCUT2D eigenvalue weighted by atomic mass is 16.5. The number of benzene rings is 2. The quantitative estimate of drug-likeness (QED) is 0.657. The number of hydrogen-bond donors (Lipinski definition) is 3. The molecule has 0 fully saturated rings. The Hall–Kier alpha value is -3.35. The number of carbonyl (C=O) groups excluding carboxylic acids is 2. The van der Waals surface area contributed by atoms with E-state index in [0.717, 1.165) is 11.6 Å². The van der Waals surface area contributed by atoms with Gasteiger partial charge in [-0.1, -0.05) is 11.6 Å². The number of Topliss-reactive ketones (excluding diaryl/α,β-unsaturated/α-hetero) is 1. The summed E-state index contributed by atoms with van der Waals surface area (Å²) in [4.78, 5) is 35.2. The van der Waals surface area contributed by atoms with Crippen LogP contribution in [-0.4, -0.2) is 35.0 Å². The Labute approximate surface area is 150 Å². The average Bonchev–Trinajstić information content (AvgIpc) is 2.59. The number of amides is 1. The molecule has 2 aromatic rings. The molecular weight excluding hydrogens is 338 g/mol. The van der Waals surface area contributed by atoms with E-state index < -0.39 is 17.6 Å². The summed E-state index contributed by atoms with van der Waals surface area (Å²) in [6.07, 6.45) is -0.0673. The number of phenols is 1. The molecule has 0 radical (unpaired) electrons. The molecule has 7 nitrogen and oxygen atoms in total. The van der Waals surface area contributed by atoms with E-state index in [1.165, 1.54) is 19.2 Å². The number of ketones is 1. The van der Waals surface area contributed by atoms with Gasteiger partial charge >= 0.3 is 5.97 Å². The lowest BCUT2D eigenvalue weighted by atomic mass is 10.0. The fourth-order valence-corrected chi connectivity index (χ4v) is 2.42. The average molecular weight is 357 g/mol. The van der Waals surface area contributed by atoms with Crippen molar-refractivity contribution in [2.45, 2.75) is 19.8 Å². The third-order valence-corrected chi connectivity index (χ3v) is 3.75. The second-order valence-corrected chi connectivity index (χ2v) is 5.71. The Morgan fingerprint density at radius 2 is 1.77 bits per heavy atom. The Bertz CT molecular complexity index is 859. The van der Waals surface area contributed by atoms with Crippen molar-refractivity contribution in [2.75, 3.05) is 12.4 Å². The Morgan fingerprint density at radius 1 is 1.04 bits per heavy atom. The summed E-state index contributed by atoms with van der Waals surface area (Å²) in [6, 6.07) is 8.95. The number of methoxy groups -OCH3 is 1. The second-order valence-electron chi connectivity index (χ2n) is 5.71. The molecule has 1 amide bonds. The van der Waals surface area contributed by atoms with E-state index in [2.05, 4.69) is 5.32 Å². The lowest BCUT2D eigenvalue weighted by Gasteiger charge is -2.09. The molecule has 0 aliphatic rings. The highest BCUT2D eigenvalue weighted by Gasteiger charge is 2.15. The van der Waals surface area contributed by atoms with Crippen LogP contribution in [0.25, 0.3) is 0 Å². The number of rotatable bonds is 7. The molecule has 2 aromatic carbocycles. The van der Waals surface area contributed by atoms with Crippen molar-refractivity contribution < 1.29 is 29.3 Å². The molecule has 0 saturated heterocycles. The summed E-state index contributed by atoms with van der Waals surface area (Å²) in [7, 11) is 1.47. The van der Waals surface area contributed by atoms with Gasteiger partial charge in [0.05, 0.1) is 12.7 Å². The smallest absolute Gasteiger partial charge is 0.339 e. The van der Waals surface area contributed by atoms with Gasteiger partial charge in [-0.2, -0.15) is 0 Å². The van der Waals surface area contributed by atoms with Crippen LogP contribution in [0.2, 0.25) is 0 Å². The van der Waals surface area contributed by atoms with E-state index in [-0.39, 0.29) is 29.9 Å². The lowest BCUT2D eigenvalue weighted by molar-refractivity contribution is -0.116. The molecule has 3 N–H and O–H groups in total. The maximum absolute atomic E-state index is 12.3. The first-order valence-electron chi connectivity index (χ1n) is 7.86. The van der Waals surface area contributed by atoms with Gasteiger partial charge in [-0.15, -0.1) is 0 Å². The van der Waals surface area contributed by atoms with Crippen molar-refractivity contribution in [3.63, 3.8) is 0 Å². The van der Waals surface area contributed by atoms with Gasteiger partial charge < -0.3 is 20.3 Å². The van der Waals surface area contributed by atoms with Crippen LogP contribution in [0.5, 0.6) is 11.5 Å². The number of aromatic hydroxyl groups is 1. The predicted molar refractivity (Wildman–Crippen MR) is 95.0 cm³/mol. The molecule has 0 bridgehead atoms.